The van der Waals surface area contributed by atoms with Gasteiger partial charge in [0.25, 0.3) is 0 Å². The second-order valence-corrected chi connectivity index (χ2v) is 8.29. The van der Waals surface area contributed by atoms with E-state index in [4.69, 9.17) is 9.16 Å². The van der Waals surface area contributed by atoms with Crippen LogP contribution in [-0.2, 0) is 0 Å². The Labute approximate surface area is 80.6 Å². The van der Waals surface area contributed by atoms with Gasteiger partial charge in [-0.05, 0) is 31.8 Å². The van der Waals surface area contributed by atoms with Gasteiger partial charge in [-0.15, -0.1) is 0 Å². The van der Waals surface area contributed by atoms with Gasteiger partial charge in [0.2, 0.25) is 8.32 Å². The molecular weight excluding hydrogens is 180 g/mol. The zero-order chi connectivity index (χ0) is 9.90. The van der Waals surface area contributed by atoms with Gasteiger partial charge in [0.05, 0.1) is 7.11 Å². The van der Waals surface area contributed by atoms with Crippen molar-refractivity contribution in [2.45, 2.75) is 19.6 Å². The topological polar surface area (TPSA) is 18.5 Å². The van der Waals surface area contributed by atoms with Crippen molar-refractivity contribution in [3.05, 3.63) is 24.3 Å². The van der Waals surface area contributed by atoms with E-state index in [0.717, 1.165) is 11.5 Å². The van der Waals surface area contributed by atoms with E-state index in [1.54, 1.807) is 7.11 Å². The van der Waals surface area contributed by atoms with Crippen molar-refractivity contribution < 1.29 is 9.16 Å². The monoisotopic (exact) mass is 196 g/mol. The second kappa shape index (κ2) is 3.83. The van der Waals surface area contributed by atoms with Gasteiger partial charge >= 0.3 is 0 Å². The molecule has 0 aliphatic carbocycles. The van der Waals surface area contributed by atoms with Crippen LogP contribution in [0.5, 0.6) is 11.5 Å². The Balaban J connectivity index is 2.87. The highest BCUT2D eigenvalue weighted by atomic mass is 28.4. The lowest BCUT2D eigenvalue weighted by molar-refractivity contribution is 0.392. The molecule has 1 rings (SSSR count). The standard InChI is InChI=1S/C10H16O2Si/c1-11-9-7-5-6-8-10(9)12-13(2,3)4/h5-8H,1-4H3. The predicted molar refractivity (Wildman–Crippen MR) is 57.0 cm³/mol. The Kier molecular flexibility index (Phi) is 2.98. The molecule has 0 spiro atoms. The minimum atomic E-state index is -1.53. The molecule has 2 nitrogen and oxygen atoms in total. The van der Waals surface area contributed by atoms with Gasteiger partial charge in [-0.1, -0.05) is 12.1 Å². The smallest absolute Gasteiger partial charge is 0.242 e. The number of hydrogen-bond donors (Lipinski definition) is 0. The highest BCUT2D eigenvalue weighted by molar-refractivity contribution is 6.70. The lowest BCUT2D eigenvalue weighted by Crippen LogP contribution is -2.29. The van der Waals surface area contributed by atoms with E-state index in [1.165, 1.54) is 0 Å². The molecule has 0 radical (unpaired) electrons. The molecular formula is C10H16O2Si. The minimum Gasteiger partial charge on any atom is -0.542 e. The molecule has 13 heavy (non-hydrogen) atoms. The van der Waals surface area contributed by atoms with E-state index in [1.807, 2.05) is 24.3 Å². The van der Waals surface area contributed by atoms with Crippen molar-refractivity contribution in [2.75, 3.05) is 7.11 Å². The number of ether oxygens (including phenoxy) is 1. The summed E-state index contributed by atoms with van der Waals surface area (Å²) in [6.07, 6.45) is 0. The third-order valence-electron chi connectivity index (χ3n) is 1.49. The van der Waals surface area contributed by atoms with E-state index in [2.05, 4.69) is 19.6 Å². The van der Waals surface area contributed by atoms with E-state index in [0.29, 0.717) is 0 Å². The van der Waals surface area contributed by atoms with Crippen molar-refractivity contribution in [1.82, 2.24) is 0 Å². The van der Waals surface area contributed by atoms with Crippen molar-refractivity contribution >= 4 is 8.32 Å². The SMILES string of the molecule is COc1ccccc1O[Si](C)(C)C. The first kappa shape index (κ1) is 10.1. The molecule has 1 aromatic rings. The van der Waals surface area contributed by atoms with Gasteiger partial charge in [0.1, 0.15) is 5.75 Å². The normalized spacial score (nSPS) is 11.1. The molecule has 0 saturated carbocycles. The summed E-state index contributed by atoms with van der Waals surface area (Å²) in [5.41, 5.74) is 0. The lowest BCUT2D eigenvalue weighted by atomic mass is 10.3. The molecule has 0 aliphatic heterocycles. The zero-order valence-electron chi connectivity index (χ0n) is 8.63. The molecule has 0 unspecified atom stereocenters. The summed E-state index contributed by atoms with van der Waals surface area (Å²) in [7, 11) is 0.133. The maximum atomic E-state index is 5.84. The number of hydrogen-bond acceptors (Lipinski definition) is 2. The number of rotatable bonds is 3. The molecule has 0 atom stereocenters. The van der Waals surface area contributed by atoms with Crippen LogP contribution in [0, 0.1) is 0 Å². The van der Waals surface area contributed by atoms with Crippen LogP contribution in [0.3, 0.4) is 0 Å². The predicted octanol–water partition coefficient (Wildman–Crippen LogP) is 2.91. The third-order valence-corrected chi connectivity index (χ3v) is 2.32. The molecule has 0 aliphatic rings. The van der Waals surface area contributed by atoms with Crippen LogP contribution in [0.1, 0.15) is 0 Å². The average Bonchev–Trinajstić information content (AvgIpc) is 2.02. The van der Waals surface area contributed by atoms with Crippen molar-refractivity contribution in [3.63, 3.8) is 0 Å². The molecule has 1 aromatic carbocycles. The number of para-hydroxylation sites is 2. The summed E-state index contributed by atoms with van der Waals surface area (Å²) in [4.78, 5) is 0. The van der Waals surface area contributed by atoms with Crippen LogP contribution in [0.25, 0.3) is 0 Å². The van der Waals surface area contributed by atoms with Gasteiger partial charge in [-0.2, -0.15) is 0 Å². The van der Waals surface area contributed by atoms with Crippen molar-refractivity contribution in [1.29, 1.82) is 0 Å². The van der Waals surface area contributed by atoms with Crippen LogP contribution in [0.4, 0.5) is 0 Å². The first-order chi connectivity index (χ1) is 6.03. The highest BCUT2D eigenvalue weighted by Crippen LogP contribution is 2.28. The fraction of sp³-hybridized carbons (Fsp3) is 0.400. The van der Waals surface area contributed by atoms with Crippen LogP contribution >= 0.6 is 0 Å². The summed E-state index contributed by atoms with van der Waals surface area (Å²) < 4.78 is 11.0. The molecule has 0 amide bonds. The van der Waals surface area contributed by atoms with Gasteiger partial charge in [0, 0.05) is 0 Å². The van der Waals surface area contributed by atoms with E-state index >= 15 is 0 Å². The fourth-order valence-corrected chi connectivity index (χ4v) is 1.86. The molecule has 72 valence electrons. The van der Waals surface area contributed by atoms with Crippen LogP contribution in [0.15, 0.2) is 24.3 Å². The summed E-state index contributed by atoms with van der Waals surface area (Å²) in [5, 5.41) is 0. The maximum absolute atomic E-state index is 5.84. The summed E-state index contributed by atoms with van der Waals surface area (Å²) in [5.74, 6) is 1.66. The summed E-state index contributed by atoms with van der Waals surface area (Å²) in [6.45, 7) is 6.46. The zero-order valence-corrected chi connectivity index (χ0v) is 9.63. The van der Waals surface area contributed by atoms with E-state index in [9.17, 15) is 0 Å². The first-order valence-electron chi connectivity index (χ1n) is 4.35. The van der Waals surface area contributed by atoms with Crippen LogP contribution in [-0.4, -0.2) is 15.4 Å². The van der Waals surface area contributed by atoms with Crippen LogP contribution in [0.2, 0.25) is 19.6 Å². The van der Waals surface area contributed by atoms with Gasteiger partial charge in [0.15, 0.2) is 5.75 Å². The maximum Gasteiger partial charge on any atom is 0.242 e. The van der Waals surface area contributed by atoms with Gasteiger partial charge in [-0.25, -0.2) is 0 Å². The van der Waals surface area contributed by atoms with Gasteiger partial charge < -0.3 is 9.16 Å². The first-order valence-corrected chi connectivity index (χ1v) is 7.76. The van der Waals surface area contributed by atoms with Crippen molar-refractivity contribution in [2.24, 2.45) is 0 Å². The van der Waals surface area contributed by atoms with Crippen LogP contribution < -0.4 is 9.16 Å². The van der Waals surface area contributed by atoms with Crippen molar-refractivity contribution in [3.8, 4) is 11.5 Å². The molecule has 0 aromatic heterocycles. The third kappa shape index (κ3) is 3.11. The summed E-state index contributed by atoms with van der Waals surface area (Å²) >= 11 is 0. The molecule has 0 saturated heterocycles. The van der Waals surface area contributed by atoms with E-state index < -0.39 is 8.32 Å². The Morgan fingerprint density at radius 2 is 1.54 bits per heavy atom. The molecule has 3 heteroatoms. The van der Waals surface area contributed by atoms with E-state index in [-0.39, 0.29) is 0 Å². The molecule has 0 N–H and O–H groups in total. The molecule has 0 bridgehead atoms. The quantitative estimate of drug-likeness (QED) is 0.692. The number of methoxy groups -OCH3 is 1. The molecule has 0 fully saturated rings. The fourth-order valence-electron chi connectivity index (χ4n) is 1.03. The number of benzene rings is 1. The van der Waals surface area contributed by atoms with Gasteiger partial charge in [-0.3, -0.25) is 0 Å². The minimum absolute atomic E-state index is 0.810. The second-order valence-electron chi connectivity index (χ2n) is 3.87. The Morgan fingerprint density at radius 1 is 1.00 bits per heavy atom. The average molecular weight is 196 g/mol. The summed E-state index contributed by atoms with van der Waals surface area (Å²) in [6, 6.07) is 7.75. The molecule has 0 heterocycles. The largest absolute Gasteiger partial charge is 0.542 e. The Bertz CT molecular complexity index is 278. The highest BCUT2D eigenvalue weighted by Gasteiger charge is 2.17. The Hall–Kier alpha value is -0.963. The Morgan fingerprint density at radius 3 is 2.00 bits per heavy atom. The lowest BCUT2D eigenvalue weighted by Gasteiger charge is -2.20.